The highest BCUT2D eigenvalue weighted by Crippen LogP contribution is 2.36. The summed E-state index contributed by atoms with van der Waals surface area (Å²) in [6.45, 7) is 2.31. The van der Waals surface area contributed by atoms with Crippen LogP contribution in [0.4, 0.5) is 0 Å². The van der Waals surface area contributed by atoms with Crippen LogP contribution in [0, 0.1) is 0 Å². The van der Waals surface area contributed by atoms with E-state index < -0.39 is 0 Å². The number of hydrogen-bond acceptors (Lipinski definition) is 3. The lowest BCUT2D eigenvalue weighted by Gasteiger charge is -2.47. The van der Waals surface area contributed by atoms with Crippen molar-refractivity contribution in [2.45, 2.75) is 24.9 Å². The molecule has 4 nitrogen and oxygen atoms in total. The zero-order chi connectivity index (χ0) is 14.9. The lowest BCUT2D eigenvalue weighted by Crippen LogP contribution is -2.54. The van der Waals surface area contributed by atoms with E-state index in [4.69, 9.17) is 32.7 Å². The summed E-state index contributed by atoms with van der Waals surface area (Å²) in [7, 11) is 0. The quantitative estimate of drug-likeness (QED) is 0.855. The molecule has 0 N–H and O–H groups in total. The fourth-order valence-electron chi connectivity index (χ4n) is 2.77. The molecule has 0 bridgehead atoms. The van der Waals surface area contributed by atoms with Crippen LogP contribution >= 0.6 is 23.2 Å². The zero-order valence-corrected chi connectivity index (χ0v) is 13.1. The van der Waals surface area contributed by atoms with E-state index >= 15 is 0 Å². The topological polar surface area (TPSA) is 38.8 Å². The Kier molecular flexibility index (Phi) is 4.29. The first-order chi connectivity index (χ1) is 10.1. The molecule has 0 radical (unpaired) electrons. The van der Waals surface area contributed by atoms with E-state index in [2.05, 4.69) is 0 Å². The first-order valence-electron chi connectivity index (χ1n) is 7.08. The molecule has 0 unspecified atom stereocenters. The third kappa shape index (κ3) is 3.28. The minimum absolute atomic E-state index is 0.00475. The lowest BCUT2D eigenvalue weighted by molar-refractivity contribution is -0.176. The number of hydrogen-bond donors (Lipinski definition) is 0. The molecule has 0 aromatic heterocycles. The Hall–Kier alpha value is -0.970. The summed E-state index contributed by atoms with van der Waals surface area (Å²) in [6, 6.07) is 4.96. The van der Waals surface area contributed by atoms with Gasteiger partial charge < -0.3 is 14.4 Å². The van der Waals surface area contributed by atoms with E-state index in [0.29, 0.717) is 15.8 Å². The summed E-state index contributed by atoms with van der Waals surface area (Å²) in [6.07, 6.45) is 2.95. The number of halogens is 2. The smallest absolute Gasteiger partial charge is 0.260 e. The molecule has 3 rings (SSSR count). The van der Waals surface area contributed by atoms with Crippen molar-refractivity contribution in [2.24, 2.45) is 0 Å². The van der Waals surface area contributed by atoms with Gasteiger partial charge >= 0.3 is 0 Å². The van der Waals surface area contributed by atoms with Crippen LogP contribution in [0.5, 0.6) is 5.75 Å². The van der Waals surface area contributed by atoms with E-state index in [-0.39, 0.29) is 18.1 Å². The van der Waals surface area contributed by atoms with E-state index in [1.165, 1.54) is 0 Å². The van der Waals surface area contributed by atoms with Crippen molar-refractivity contribution < 1.29 is 14.3 Å². The van der Waals surface area contributed by atoms with Crippen LogP contribution in [0.1, 0.15) is 19.3 Å². The molecular weight excluding hydrogens is 313 g/mol. The SMILES string of the molecule is O=C(COc1ccc(Cl)cc1Cl)N1CCC2(CCO2)CC1. The molecular formula is C15H17Cl2NO3. The first kappa shape index (κ1) is 14.9. The number of amides is 1. The third-order valence-electron chi connectivity index (χ3n) is 4.24. The fourth-order valence-corrected chi connectivity index (χ4v) is 3.23. The minimum atomic E-state index is -0.0183. The lowest BCUT2D eigenvalue weighted by atomic mass is 9.84. The number of benzene rings is 1. The Morgan fingerprint density at radius 3 is 2.57 bits per heavy atom. The van der Waals surface area contributed by atoms with Crippen LogP contribution in [-0.2, 0) is 9.53 Å². The first-order valence-corrected chi connectivity index (χ1v) is 7.83. The second-order valence-electron chi connectivity index (χ2n) is 5.53. The van der Waals surface area contributed by atoms with Crippen molar-refractivity contribution in [3.8, 4) is 5.75 Å². The fraction of sp³-hybridized carbons (Fsp3) is 0.533. The summed E-state index contributed by atoms with van der Waals surface area (Å²) in [5.41, 5.74) is 0.0527. The van der Waals surface area contributed by atoms with Crippen molar-refractivity contribution in [3.05, 3.63) is 28.2 Å². The number of rotatable bonds is 3. The van der Waals surface area contributed by atoms with Crippen molar-refractivity contribution >= 4 is 29.1 Å². The van der Waals surface area contributed by atoms with Gasteiger partial charge in [-0.3, -0.25) is 4.79 Å². The zero-order valence-electron chi connectivity index (χ0n) is 11.6. The molecule has 1 aromatic rings. The van der Waals surface area contributed by atoms with Gasteiger partial charge in [0.15, 0.2) is 6.61 Å². The van der Waals surface area contributed by atoms with Crippen LogP contribution in [0.25, 0.3) is 0 Å². The maximum Gasteiger partial charge on any atom is 0.260 e. The Balaban J connectivity index is 1.50. The maximum atomic E-state index is 12.2. The van der Waals surface area contributed by atoms with E-state index in [9.17, 15) is 4.79 Å². The van der Waals surface area contributed by atoms with Gasteiger partial charge in [0.05, 0.1) is 17.2 Å². The third-order valence-corrected chi connectivity index (χ3v) is 4.77. The standard InChI is InChI=1S/C15H17Cl2NO3/c16-11-1-2-13(12(17)9-11)20-10-14(19)18-6-3-15(4-7-18)5-8-21-15/h1-2,9H,3-8,10H2. The molecule has 21 heavy (non-hydrogen) atoms. The minimum Gasteiger partial charge on any atom is -0.482 e. The van der Waals surface area contributed by atoms with Gasteiger partial charge in [-0.05, 0) is 37.5 Å². The van der Waals surface area contributed by atoms with Gasteiger partial charge in [0.25, 0.3) is 5.91 Å². The largest absolute Gasteiger partial charge is 0.482 e. The van der Waals surface area contributed by atoms with Gasteiger partial charge in [-0.1, -0.05) is 23.2 Å². The predicted molar refractivity (Wildman–Crippen MR) is 81.1 cm³/mol. The van der Waals surface area contributed by atoms with Crippen LogP contribution in [0.2, 0.25) is 10.0 Å². The number of ether oxygens (including phenoxy) is 2. The Morgan fingerprint density at radius 1 is 1.29 bits per heavy atom. The van der Waals surface area contributed by atoms with Crippen molar-refractivity contribution in [2.75, 3.05) is 26.3 Å². The molecule has 2 aliphatic rings. The van der Waals surface area contributed by atoms with E-state index in [0.717, 1.165) is 39.0 Å². The number of nitrogens with zero attached hydrogens (tertiary/aromatic N) is 1. The molecule has 114 valence electrons. The molecule has 0 saturated carbocycles. The highest BCUT2D eigenvalue weighted by atomic mass is 35.5. The van der Waals surface area contributed by atoms with Gasteiger partial charge in [0.1, 0.15) is 5.75 Å². The molecule has 1 amide bonds. The van der Waals surface area contributed by atoms with E-state index in [1.807, 2.05) is 4.90 Å². The number of likely N-dealkylation sites (tertiary alicyclic amines) is 1. The maximum absolute atomic E-state index is 12.2. The van der Waals surface area contributed by atoms with Gasteiger partial charge in [0, 0.05) is 18.1 Å². The molecule has 1 aromatic carbocycles. The molecule has 2 heterocycles. The highest BCUT2D eigenvalue weighted by molar-refractivity contribution is 6.35. The van der Waals surface area contributed by atoms with Crippen molar-refractivity contribution in [1.29, 1.82) is 0 Å². The summed E-state index contributed by atoms with van der Waals surface area (Å²) >= 11 is 11.8. The van der Waals surface area contributed by atoms with Crippen LogP contribution in [0.3, 0.4) is 0 Å². The van der Waals surface area contributed by atoms with Crippen LogP contribution in [0.15, 0.2) is 18.2 Å². The van der Waals surface area contributed by atoms with Crippen molar-refractivity contribution in [1.82, 2.24) is 4.90 Å². The Morgan fingerprint density at radius 2 is 2.00 bits per heavy atom. The van der Waals surface area contributed by atoms with Gasteiger partial charge in [-0.2, -0.15) is 0 Å². The Labute approximate surface area is 133 Å². The van der Waals surface area contributed by atoms with Gasteiger partial charge in [-0.15, -0.1) is 0 Å². The molecule has 2 fully saturated rings. The predicted octanol–water partition coefficient (Wildman–Crippen LogP) is 3.15. The van der Waals surface area contributed by atoms with Crippen LogP contribution in [-0.4, -0.2) is 42.7 Å². The molecule has 1 spiro atoms. The van der Waals surface area contributed by atoms with Crippen molar-refractivity contribution in [3.63, 3.8) is 0 Å². The Bertz CT molecular complexity index is 536. The monoisotopic (exact) mass is 329 g/mol. The molecule has 6 heteroatoms. The van der Waals surface area contributed by atoms with Gasteiger partial charge in [-0.25, -0.2) is 0 Å². The summed E-state index contributed by atoms with van der Waals surface area (Å²) in [5.74, 6) is 0.459. The van der Waals surface area contributed by atoms with Gasteiger partial charge in [0.2, 0.25) is 0 Å². The average molecular weight is 330 g/mol. The average Bonchev–Trinajstić information content (AvgIpc) is 2.44. The van der Waals surface area contributed by atoms with E-state index in [1.54, 1.807) is 18.2 Å². The second-order valence-corrected chi connectivity index (χ2v) is 6.37. The highest BCUT2D eigenvalue weighted by Gasteiger charge is 2.41. The summed E-state index contributed by atoms with van der Waals surface area (Å²) in [4.78, 5) is 14.0. The number of carbonyl (C=O) groups excluding carboxylic acids is 1. The molecule has 0 atom stereocenters. The van der Waals surface area contributed by atoms with Crippen LogP contribution < -0.4 is 4.74 Å². The summed E-state index contributed by atoms with van der Waals surface area (Å²) < 4.78 is 11.1. The molecule has 2 aliphatic heterocycles. The number of piperidine rings is 1. The summed E-state index contributed by atoms with van der Waals surface area (Å²) in [5, 5.41) is 0.955. The molecule has 0 aliphatic carbocycles. The molecule has 2 saturated heterocycles. The number of carbonyl (C=O) groups is 1. The second kappa shape index (κ2) is 6.03. The normalized spacial score (nSPS) is 20.2.